The van der Waals surface area contributed by atoms with Crippen molar-refractivity contribution in [1.29, 1.82) is 0 Å². The smallest absolute Gasteiger partial charge is 0.542 e. The van der Waals surface area contributed by atoms with E-state index in [1.807, 2.05) is 0 Å². The van der Waals surface area contributed by atoms with E-state index >= 15 is 0 Å². The average molecular weight is 216 g/mol. The molecule has 0 aliphatic carbocycles. The molecule has 0 aliphatic heterocycles. The van der Waals surface area contributed by atoms with Crippen LogP contribution in [-0.2, 0) is 9.59 Å². The predicted octanol–water partition coefficient (Wildman–Crippen LogP) is -7.62. The molecule has 3 atom stereocenters. The molecule has 0 bridgehead atoms. The van der Waals surface area contributed by atoms with Crippen molar-refractivity contribution < 1.29 is 64.7 Å². The zero-order chi connectivity index (χ0) is 10.6. The van der Waals surface area contributed by atoms with Gasteiger partial charge in [-0.1, -0.05) is 0 Å². The number of Topliss-reactive ketones (excluding diaryl/α,β-unsaturated/α-hetero) is 1. The Labute approximate surface area is 101 Å². The molecule has 0 saturated carbocycles. The Hall–Kier alpha value is -0.0200. The first-order valence-corrected chi connectivity index (χ1v) is 3.32. The van der Waals surface area contributed by atoms with E-state index in [0.29, 0.717) is 0 Å². The van der Waals surface area contributed by atoms with E-state index in [2.05, 4.69) is 0 Å². The summed E-state index contributed by atoms with van der Waals surface area (Å²) in [5, 5.41) is 44.5. The molecule has 7 nitrogen and oxygen atoms in total. The molecular weight excluding hydrogens is 207 g/mol. The van der Waals surface area contributed by atoms with Crippen molar-refractivity contribution in [2.75, 3.05) is 6.61 Å². The number of carbonyl (C=O) groups is 2. The molecule has 0 saturated heterocycles. The van der Waals surface area contributed by atoms with Gasteiger partial charge in [-0.05, 0) is 0 Å². The summed E-state index contributed by atoms with van der Waals surface area (Å²) in [5.74, 6) is -3.92. The zero-order valence-electron chi connectivity index (χ0n) is 7.45. The van der Waals surface area contributed by atoms with Crippen LogP contribution in [0.15, 0.2) is 0 Å². The van der Waals surface area contributed by atoms with Crippen molar-refractivity contribution in [2.45, 2.75) is 18.3 Å². The Morgan fingerprint density at radius 2 is 1.64 bits per heavy atom. The van der Waals surface area contributed by atoms with Gasteiger partial charge in [0.2, 0.25) is 5.78 Å². The number of ketones is 1. The summed E-state index contributed by atoms with van der Waals surface area (Å²) in [4.78, 5) is 20.3. The molecule has 4 N–H and O–H groups in total. The Morgan fingerprint density at radius 1 is 1.21 bits per heavy atom. The predicted molar refractivity (Wildman–Crippen MR) is 35.1 cm³/mol. The van der Waals surface area contributed by atoms with E-state index in [9.17, 15) is 14.7 Å². The fourth-order valence-electron chi connectivity index (χ4n) is 0.594. The van der Waals surface area contributed by atoms with Crippen molar-refractivity contribution in [1.82, 2.24) is 0 Å². The van der Waals surface area contributed by atoms with Crippen LogP contribution >= 0.6 is 0 Å². The molecule has 0 radical (unpaired) electrons. The Balaban J connectivity index is 0. The average Bonchev–Trinajstić information content (AvgIpc) is 2.12. The van der Waals surface area contributed by atoms with Crippen molar-refractivity contribution in [2.24, 2.45) is 0 Å². The van der Waals surface area contributed by atoms with E-state index in [-0.39, 0.29) is 29.6 Å². The molecule has 0 unspecified atom stereocenters. The van der Waals surface area contributed by atoms with Gasteiger partial charge in [0.15, 0.2) is 0 Å². The van der Waals surface area contributed by atoms with E-state index in [1.165, 1.54) is 0 Å². The second kappa shape index (κ2) is 7.30. The van der Waals surface area contributed by atoms with Gasteiger partial charge in [0, 0.05) is 0 Å². The van der Waals surface area contributed by atoms with Crippen LogP contribution in [0.4, 0.5) is 0 Å². The number of carboxylic acid groups (broad SMARTS) is 1. The summed E-state index contributed by atoms with van der Waals surface area (Å²) in [5.41, 5.74) is 0. The van der Waals surface area contributed by atoms with Crippen molar-refractivity contribution in [3.63, 3.8) is 0 Å². The number of aliphatic hydroxyl groups is 4. The Bertz CT molecular complexity index is 206. The van der Waals surface area contributed by atoms with Crippen LogP contribution in [0.5, 0.6) is 0 Å². The van der Waals surface area contributed by atoms with Crippen LogP contribution in [-0.4, -0.2) is 57.1 Å². The molecule has 0 aromatic heterocycles. The van der Waals surface area contributed by atoms with E-state index in [4.69, 9.17) is 20.4 Å². The van der Waals surface area contributed by atoms with Gasteiger partial charge in [0.1, 0.15) is 24.3 Å². The maximum Gasteiger partial charge on any atom is 1.00 e. The third kappa shape index (κ3) is 4.47. The second-order valence-corrected chi connectivity index (χ2v) is 2.34. The minimum atomic E-state index is -2.30. The molecule has 8 heteroatoms. The molecule has 14 heavy (non-hydrogen) atoms. The molecular formula is C6H9NaO7. The molecule has 0 fully saturated rings. The molecule has 0 spiro atoms. The summed E-state index contributed by atoms with van der Waals surface area (Å²) in [6.45, 7) is -0.904. The summed E-state index contributed by atoms with van der Waals surface area (Å²) in [6, 6.07) is 0. The molecule has 0 aromatic carbocycles. The minimum absolute atomic E-state index is 0. The maximum atomic E-state index is 10.4. The van der Waals surface area contributed by atoms with Crippen LogP contribution in [0.2, 0.25) is 0 Å². The van der Waals surface area contributed by atoms with Gasteiger partial charge in [-0.3, -0.25) is 4.79 Å². The first kappa shape index (κ1) is 16.4. The molecule has 0 amide bonds. The van der Waals surface area contributed by atoms with E-state index < -0.39 is 36.7 Å². The number of aliphatic hydroxyl groups excluding tert-OH is 4. The van der Waals surface area contributed by atoms with Gasteiger partial charge in [-0.15, -0.1) is 0 Å². The maximum absolute atomic E-state index is 10.4. The van der Waals surface area contributed by atoms with Gasteiger partial charge in [0.25, 0.3) is 0 Å². The van der Waals surface area contributed by atoms with Crippen LogP contribution in [0.3, 0.4) is 0 Å². The Kier molecular flexibility index (Phi) is 8.55. The van der Waals surface area contributed by atoms with Crippen molar-refractivity contribution >= 4 is 11.8 Å². The summed E-state index contributed by atoms with van der Waals surface area (Å²) in [7, 11) is 0. The number of rotatable bonds is 5. The molecule has 0 rings (SSSR count). The number of hydrogen-bond acceptors (Lipinski definition) is 7. The quantitative estimate of drug-likeness (QED) is 0.264. The second-order valence-electron chi connectivity index (χ2n) is 2.34. The van der Waals surface area contributed by atoms with E-state index in [0.717, 1.165) is 0 Å². The SMILES string of the molecule is O=C([O-])C(=O)[C@@H](O)[C@@H](O)[C@H](O)CO.[Na+]. The third-order valence-electron chi connectivity index (χ3n) is 1.37. The summed E-state index contributed by atoms with van der Waals surface area (Å²) < 4.78 is 0. The zero-order valence-corrected chi connectivity index (χ0v) is 9.45. The van der Waals surface area contributed by atoms with Crippen LogP contribution in [0, 0.1) is 0 Å². The van der Waals surface area contributed by atoms with Crippen LogP contribution < -0.4 is 34.7 Å². The monoisotopic (exact) mass is 216 g/mol. The normalized spacial score (nSPS) is 16.3. The van der Waals surface area contributed by atoms with Crippen LogP contribution in [0.1, 0.15) is 0 Å². The molecule has 0 heterocycles. The number of aliphatic carboxylic acids is 1. The van der Waals surface area contributed by atoms with Gasteiger partial charge < -0.3 is 30.3 Å². The van der Waals surface area contributed by atoms with Crippen molar-refractivity contribution in [3.8, 4) is 0 Å². The largest absolute Gasteiger partial charge is 1.00 e. The van der Waals surface area contributed by atoms with Gasteiger partial charge >= 0.3 is 29.6 Å². The summed E-state index contributed by atoms with van der Waals surface area (Å²) in [6.07, 6.45) is -6.12. The molecule has 76 valence electrons. The standard InChI is InChI=1S/C6H10O7.Na/c7-1-2(8)3(9)4(10)5(11)6(12)13;/h2-4,7-10H,1H2,(H,12,13);/q;+1/p-1/t2-,3+,4+;/m1./s1. The Morgan fingerprint density at radius 3 is 1.93 bits per heavy atom. The molecule has 0 aromatic rings. The van der Waals surface area contributed by atoms with Gasteiger partial charge in [-0.25, -0.2) is 0 Å². The number of hydrogen-bond donors (Lipinski definition) is 4. The van der Waals surface area contributed by atoms with Crippen LogP contribution in [0.25, 0.3) is 0 Å². The number of carboxylic acids is 1. The first-order chi connectivity index (χ1) is 5.91. The van der Waals surface area contributed by atoms with Crippen molar-refractivity contribution in [3.05, 3.63) is 0 Å². The van der Waals surface area contributed by atoms with Gasteiger partial charge in [-0.2, -0.15) is 0 Å². The van der Waals surface area contributed by atoms with Gasteiger partial charge in [0.05, 0.1) is 6.61 Å². The minimum Gasteiger partial charge on any atom is -0.542 e. The first-order valence-electron chi connectivity index (χ1n) is 3.32. The van der Waals surface area contributed by atoms with E-state index in [1.54, 1.807) is 0 Å². The summed E-state index contributed by atoms with van der Waals surface area (Å²) >= 11 is 0. The number of carbonyl (C=O) groups excluding carboxylic acids is 2. The molecule has 0 aliphatic rings. The fraction of sp³-hybridized carbons (Fsp3) is 0.667. The third-order valence-corrected chi connectivity index (χ3v) is 1.37. The topological polar surface area (TPSA) is 138 Å². The fourth-order valence-corrected chi connectivity index (χ4v) is 0.594.